The number of nitrogens with zero attached hydrogens (tertiary/aromatic N) is 5. The predicted molar refractivity (Wildman–Crippen MR) is 100 cm³/mol. The minimum absolute atomic E-state index is 0.614. The van der Waals surface area contributed by atoms with Crippen molar-refractivity contribution < 1.29 is 5.11 Å². The lowest BCUT2D eigenvalue weighted by molar-refractivity contribution is 0.198. The normalized spacial score (nSPS) is 16.1. The number of fused-ring (bicyclic) bond motifs is 1. The van der Waals surface area contributed by atoms with E-state index in [1.54, 1.807) is 6.20 Å². The van der Waals surface area contributed by atoms with Crippen LogP contribution in [0.4, 0.5) is 0 Å². The quantitative estimate of drug-likeness (QED) is 0.767. The molecule has 0 fully saturated rings. The van der Waals surface area contributed by atoms with Gasteiger partial charge in [0.15, 0.2) is 6.10 Å². The van der Waals surface area contributed by atoms with Crippen LogP contribution in [0, 0.1) is 0 Å². The maximum absolute atomic E-state index is 10.6. The average molecular weight is 349 g/mol. The topological polar surface area (TPSA) is 59.1 Å². The zero-order chi connectivity index (χ0) is 17.9. The zero-order valence-electron chi connectivity index (χ0n) is 14.9. The molecule has 6 heteroatoms. The number of aliphatic hydroxyl groups is 1. The fourth-order valence-electron chi connectivity index (χ4n) is 3.31. The van der Waals surface area contributed by atoms with Crippen molar-refractivity contribution in [2.45, 2.75) is 19.2 Å². The monoisotopic (exact) mass is 349 g/mol. The summed E-state index contributed by atoms with van der Waals surface area (Å²) in [5.74, 6) is 0.614. The Morgan fingerprint density at radius 1 is 1.23 bits per heavy atom. The number of hydrogen-bond acceptors (Lipinski definition) is 4. The van der Waals surface area contributed by atoms with E-state index in [9.17, 15) is 5.11 Å². The van der Waals surface area contributed by atoms with Crippen molar-refractivity contribution in [1.82, 2.24) is 24.2 Å². The summed E-state index contributed by atoms with van der Waals surface area (Å²) >= 11 is 0. The average Bonchev–Trinajstić information content (AvgIpc) is 3.28. The van der Waals surface area contributed by atoms with Gasteiger partial charge in [0.25, 0.3) is 0 Å². The number of rotatable bonds is 5. The number of aliphatic hydroxyl groups excluding tert-OH is 1. The van der Waals surface area contributed by atoms with Crippen LogP contribution in [0.25, 0.3) is 6.08 Å². The van der Waals surface area contributed by atoms with Crippen LogP contribution in [0.2, 0.25) is 0 Å². The first-order valence-corrected chi connectivity index (χ1v) is 8.86. The summed E-state index contributed by atoms with van der Waals surface area (Å²) in [6.45, 7) is 3.52. The summed E-state index contributed by atoms with van der Waals surface area (Å²) in [5, 5.41) is 15.1. The van der Waals surface area contributed by atoms with Crippen molar-refractivity contribution in [1.29, 1.82) is 0 Å². The fraction of sp³-hybridized carbons (Fsp3) is 0.300. The van der Waals surface area contributed by atoms with E-state index < -0.39 is 6.10 Å². The first kappa shape index (κ1) is 16.8. The first-order chi connectivity index (χ1) is 12.7. The summed E-state index contributed by atoms with van der Waals surface area (Å²) in [6, 6.07) is 12.3. The van der Waals surface area contributed by atoms with E-state index in [0.717, 1.165) is 31.9 Å². The lowest BCUT2D eigenvalue weighted by atomic mass is 10.2. The van der Waals surface area contributed by atoms with E-state index in [0.29, 0.717) is 11.5 Å². The lowest BCUT2D eigenvalue weighted by Crippen LogP contribution is -2.33. The third-order valence-corrected chi connectivity index (χ3v) is 4.75. The van der Waals surface area contributed by atoms with Gasteiger partial charge in [-0.15, -0.1) is 0 Å². The molecule has 0 saturated carbocycles. The molecule has 134 valence electrons. The second-order valence-corrected chi connectivity index (χ2v) is 6.63. The van der Waals surface area contributed by atoms with Gasteiger partial charge < -0.3 is 9.67 Å². The molecule has 0 radical (unpaired) electrons. The molecule has 6 nitrogen and oxygen atoms in total. The Hall–Kier alpha value is -2.70. The SMILES string of the molecule is Cn1ccnc1C(O)c1cc2n(n1)CCN(CC=Cc1ccccc1)C2. The molecule has 1 N–H and O–H groups in total. The molecular weight excluding hydrogens is 326 g/mol. The Morgan fingerprint density at radius 3 is 2.85 bits per heavy atom. The smallest absolute Gasteiger partial charge is 0.155 e. The molecule has 1 aromatic carbocycles. The van der Waals surface area contributed by atoms with Gasteiger partial charge in [0.2, 0.25) is 0 Å². The first-order valence-electron chi connectivity index (χ1n) is 8.86. The highest BCUT2D eigenvalue weighted by Crippen LogP contribution is 2.22. The predicted octanol–water partition coefficient (Wildman–Crippen LogP) is 2.23. The highest BCUT2D eigenvalue weighted by Gasteiger charge is 2.23. The molecular formula is C20H23N5O. The van der Waals surface area contributed by atoms with E-state index in [-0.39, 0.29) is 0 Å². The largest absolute Gasteiger partial charge is 0.379 e. The summed E-state index contributed by atoms with van der Waals surface area (Å²) in [4.78, 5) is 6.61. The third-order valence-electron chi connectivity index (χ3n) is 4.75. The van der Waals surface area contributed by atoms with Crippen molar-refractivity contribution in [3.8, 4) is 0 Å². The lowest BCUT2D eigenvalue weighted by Gasteiger charge is -2.26. The van der Waals surface area contributed by atoms with Crippen LogP contribution in [0.5, 0.6) is 0 Å². The van der Waals surface area contributed by atoms with E-state index in [4.69, 9.17) is 0 Å². The van der Waals surface area contributed by atoms with E-state index in [1.165, 1.54) is 5.56 Å². The maximum atomic E-state index is 10.6. The molecule has 1 aliphatic rings. The summed E-state index contributed by atoms with van der Waals surface area (Å²) in [7, 11) is 1.88. The molecule has 0 spiro atoms. The molecule has 1 atom stereocenters. The Bertz CT molecular complexity index is 896. The number of aryl methyl sites for hydroxylation is 1. The fourth-order valence-corrected chi connectivity index (χ4v) is 3.31. The minimum atomic E-state index is -0.792. The van der Waals surface area contributed by atoms with Crippen LogP contribution in [-0.2, 0) is 20.1 Å². The van der Waals surface area contributed by atoms with Crippen molar-refractivity contribution >= 4 is 6.08 Å². The van der Waals surface area contributed by atoms with Gasteiger partial charge in [0, 0.05) is 39.1 Å². The van der Waals surface area contributed by atoms with Crippen LogP contribution >= 0.6 is 0 Å². The van der Waals surface area contributed by atoms with Crippen molar-refractivity contribution in [2.75, 3.05) is 13.1 Å². The number of hydrogen-bond donors (Lipinski definition) is 1. The molecule has 1 aliphatic heterocycles. The molecule has 0 saturated heterocycles. The number of aromatic nitrogens is 4. The van der Waals surface area contributed by atoms with Crippen LogP contribution in [0.3, 0.4) is 0 Å². The minimum Gasteiger partial charge on any atom is -0.379 e. The highest BCUT2D eigenvalue weighted by molar-refractivity contribution is 5.48. The van der Waals surface area contributed by atoms with Gasteiger partial charge in [-0.25, -0.2) is 4.98 Å². The van der Waals surface area contributed by atoms with Gasteiger partial charge in [-0.2, -0.15) is 5.10 Å². The number of benzene rings is 1. The van der Waals surface area contributed by atoms with Crippen LogP contribution in [0.1, 0.15) is 28.9 Å². The van der Waals surface area contributed by atoms with Crippen LogP contribution in [0.15, 0.2) is 54.9 Å². The Balaban J connectivity index is 1.42. The molecule has 2 aromatic heterocycles. The Labute approximate surface area is 153 Å². The van der Waals surface area contributed by atoms with E-state index in [1.807, 2.05) is 46.8 Å². The molecule has 26 heavy (non-hydrogen) atoms. The van der Waals surface area contributed by atoms with Gasteiger partial charge in [-0.05, 0) is 11.6 Å². The summed E-state index contributed by atoms with van der Waals surface area (Å²) in [5.41, 5.74) is 3.01. The molecule has 0 aliphatic carbocycles. The second-order valence-electron chi connectivity index (χ2n) is 6.63. The molecule has 3 heterocycles. The summed E-state index contributed by atoms with van der Waals surface area (Å²) in [6.07, 6.45) is 7.08. The van der Waals surface area contributed by atoms with E-state index in [2.05, 4.69) is 39.3 Å². The molecule has 1 unspecified atom stereocenters. The second kappa shape index (κ2) is 7.27. The molecule has 3 aromatic rings. The van der Waals surface area contributed by atoms with Gasteiger partial charge in [-0.3, -0.25) is 9.58 Å². The third kappa shape index (κ3) is 3.47. The van der Waals surface area contributed by atoms with Crippen molar-refractivity contribution in [3.05, 3.63) is 77.6 Å². The van der Waals surface area contributed by atoms with Gasteiger partial charge >= 0.3 is 0 Å². The summed E-state index contributed by atoms with van der Waals surface area (Å²) < 4.78 is 3.82. The Kier molecular flexibility index (Phi) is 4.69. The number of imidazole rings is 1. The van der Waals surface area contributed by atoms with Crippen molar-refractivity contribution in [2.24, 2.45) is 7.05 Å². The van der Waals surface area contributed by atoms with Crippen LogP contribution < -0.4 is 0 Å². The van der Waals surface area contributed by atoms with Crippen LogP contribution in [-0.4, -0.2) is 42.4 Å². The van der Waals surface area contributed by atoms with Gasteiger partial charge in [-0.1, -0.05) is 42.5 Å². The van der Waals surface area contributed by atoms with Gasteiger partial charge in [0.05, 0.1) is 17.9 Å². The Morgan fingerprint density at radius 2 is 2.08 bits per heavy atom. The van der Waals surface area contributed by atoms with Crippen molar-refractivity contribution in [3.63, 3.8) is 0 Å². The molecule has 0 amide bonds. The maximum Gasteiger partial charge on any atom is 0.155 e. The molecule has 0 bridgehead atoms. The van der Waals surface area contributed by atoms with E-state index >= 15 is 0 Å². The van der Waals surface area contributed by atoms with Gasteiger partial charge in [0.1, 0.15) is 5.82 Å². The molecule has 4 rings (SSSR count). The zero-order valence-corrected chi connectivity index (χ0v) is 14.9. The highest BCUT2D eigenvalue weighted by atomic mass is 16.3. The standard InChI is InChI=1S/C20H23N5O/c1-23-11-9-21-20(23)19(26)18-14-17-15-24(12-13-25(17)22-18)10-5-8-16-6-3-2-4-7-16/h2-9,11,14,19,26H,10,12-13,15H2,1H3.